The lowest BCUT2D eigenvalue weighted by atomic mass is 9.97. The van der Waals surface area contributed by atoms with E-state index in [1.807, 2.05) is 58.5 Å². The standard InChI is InChI=1S/C24H27NO3S3/c1-18-8-10-20(31-18)17-25(12-5-13-27-2)16-19-9-11-21(28-19)24(26,22-6-3-14-29-22)23-7-4-15-30-23/h3-4,6-11,14-15,26H,5,12-13,16-17H2,1-2H3. The number of aryl methyl sites for hydroxylation is 1. The van der Waals surface area contributed by atoms with Crippen molar-refractivity contribution < 1.29 is 14.3 Å². The fraction of sp³-hybridized carbons (Fsp3) is 0.333. The van der Waals surface area contributed by atoms with E-state index in [0.717, 1.165) is 41.6 Å². The number of methoxy groups -OCH3 is 1. The van der Waals surface area contributed by atoms with Gasteiger partial charge in [0.1, 0.15) is 11.5 Å². The Morgan fingerprint density at radius 2 is 1.74 bits per heavy atom. The van der Waals surface area contributed by atoms with Gasteiger partial charge < -0.3 is 14.3 Å². The van der Waals surface area contributed by atoms with Gasteiger partial charge in [-0.25, -0.2) is 0 Å². The first-order chi connectivity index (χ1) is 15.1. The third-order valence-corrected chi connectivity index (χ3v) is 8.09. The topological polar surface area (TPSA) is 45.8 Å². The molecule has 1 N–H and O–H groups in total. The van der Waals surface area contributed by atoms with E-state index in [0.29, 0.717) is 12.3 Å². The molecule has 0 aliphatic carbocycles. The molecule has 0 amide bonds. The molecule has 0 spiro atoms. The van der Waals surface area contributed by atoms with Gasteiger partial charge in [-0.15, -0.1) is 34.0 Å². The number of hydrogen-bond acceptors (Lipinski definition) is 7. The second-order valence-corrected chi connectivity index (χ2v) is 10.8. The summed E-state index contributed by atoms with van der Waals surface area (Å²) in [7, 11) is 1.74. The smallest absolute Gasteiger partial charge is 0.191 e. The average molecular weight is 474 g/mol. The second kappa shape index (κ2) is 10.3. The predicted molar refractivity (Wildman–Crippen MR) is 129 cm³/mol. The van der Waals surface area contributed by atoms with Gasteiger partial charge in [-0.1, -0.05) is 12.1 Å². The van der Waals surface area contributed by atoms with Crippen molar-refractivity contribution in [3.8, 4) is 0 Å². The molecular formula is C24H27NO3S3. The van der Waals surface area contributed by atoms with Crippen molar-refractivity contribution in [2.45, 2.75) is 32.0 Å². The first-order valence-electron chi connectivity index (χ1n) is 10.3. The molecule has 0 bridgehead atoms. The van der Waals surface area contributed by atoms with Crippen molar-refractivity contribution in [1.29, 1.82) is 0 Å². The van der Waals surface area contributed by atoms with Gasteiger partial charge in [0.15, 0.2) is 5.60 Å². The highest BCUT2D eigenvalue weighted by Gasteiger charge is 2.39. The van der Waals surface area contributed by atoms with Crippen LogP contribution in [0.1, 0.15) is 37.4 Å². The van der Waals surface area contributed by atoms with E-state index in [-0.39, 0.29) is 0 Å². The minimum Gasteiger partial charge on any atom is -0.461 e. The van der Waals surface area contributed by atoms with E-state index in [9.17, 15) is 5.11 Å². The van der Waals surface area contributed by atoms with Crippen molar-refractivity contribution in [2.24, 2.45) is 0 Å². The van der Waals surface area contributed by atoms with Crippen LogP contribution in [0.15, 0.2) is 63.7 Å². The van der Waals surface area contributed by atoms with E-state index in [4.69, 9.17) is 9.15 Å². The second-order valence-electron chi connectivity index (χ2n) is 7.50. The summed E-state index contributed by atoms with van der Waals surface area (Å²) in [5, 5.41) is 15.7. The van der Waals surface area contributed by atoms with E-state index in [2.05, 4.69) is 24.0 Å². The highest BCUT2D eigenvalue weighted by atomic mass is 32.1. The molecule has 0 aromatic carbocycles. The number of rotatable bonds is 11. The Hall–Kier alpha value is -1.74. The summed E-state index contributed by atoms with van der Waals surface area (Å²) >= 11 is 4.91. The maximum absolute atomic E-state index is 11.8. The van der Waals surface area contributed by atoms with Gasteiger partial charge in [0.2, 0.25) is 0 Å². The average Bonchev–Trinajstić information content (AvgIpc) is 3.55. The summed E-state index contributed by atoms with van der Waals surface area (Å²) in [6.45, 7) is 5.35. The molecule has 164 valence electrons. The maximum Gasteiger partial charge on any atom is 0.191 e. The first-order valence-corrected chi connectivity index (χ1v) is 12.8. The molecule has 0 aliphatic heterocycles. The Kier molecular flexibility index (Phi) is 7.43. The van der Waals surface area contributed by atoms with Crippen LogP contribution in [-0.2, 0) is 23.4 Å². The molecule has 4 nitrogen and oxygen atoms in total. The fourth-order valence-corrected chi connectivity index (χ4v) is 6.33. The van der Waals surface area contributed by atoms with Crippen LogP contribution in [-0.4, -0.2) is 30.3 Å². The minimum absolute atomic E-state index is 0.566. The lowest BCUT2D eigenvalue weighted by Crippen LogP contribution is -2.26. The number of hydrogen-bond donors (Lipinski definition) is 1. The summed E-state index contributed by atoms with van der Waals surface area (Å²) in [5.74, 6) is 1.42. The van der Waals surface area contributed by atoms with E-state index >= 15 is 0 Å². The van der Waals surface area contributed by atoms with Crippen molar-refractivity contribution in [2.75, 3.05) is 20.3 Å². The molecule has 0 aliphatic rings. The highest BCUT2D eigenvalue weighted by molar-refractivity contribution is 7.12. The minimum atomic E-state index is -1.26. The number of furan rings is 1. The number of aliphatic hydroxyl groups is 1. The molecule has 0 unspecified atom stereocenters. The monoisotopic (exact) mass is 473 g/mol. The molecule has 4 rings (SSSR count). The third kappa shape index (κ3) is 5.19. The Morgan fingerprint density at radius 1 is 1.00 bits per heavy atom. The van der Waals surface area contributed by atoms with Crippen LogP contribution in [0.2, 0.25) is 0 Å². The summed E-state index contributed by atoms with van der Waals surface area (Å²) < 4.78 is 11.5. The summed E-state index contributed by atoms with van der Waals surface area (Å²) in [6.07, 6.45) is 0.961. The number of nitrogens with zero attached hydrogens (tertiary/aromatic N) is 1. The third-order valence-electron chi connectivity index (χ3n) is 5.15. The molecule has 4 heterocycles. The van der Waals surface area contributed by atoms with Gasteiger partial charge in [0.25, 0.3) is 0 Å². The van der Waals surface area contributed by atoms with Crippen LogP contribution < -0.4 is 0 Å². The Balaban J connectivity index is 1.56. The molecule has 4 aromatic heterocycles. The molecule has 0 saturated carbocycles. The molecule has 0 saturated heterocycles. The van der Waals surface area contributed by atoms with E-state index < -0.39 is 5.60 Å². The zero-order valence-electron chi connectivity index (χ0n) is 17.7. The molecule has 7 heteroatoms. The normalized spacial score (nSPS) is 12.1. The van der Waals surface area contributed by atoms with Crippen LogP contribution in [0.4, 0.5) is 0 Å². The van der Waals surface area contributed by atoms with E-state index in [1.54, 1.807) is 7.11 Å². The Morgan fingerprint density at radius 3 is 2.32 bits per heavy atom. The van der Waals surface area contributed by atoms with Crippen molar-refractivity contribution >= 4 is 34.0 Å². The summed E-state index contributed by atoms with van der Waals surface area (Å²) in [4.78, 5) is 6.77. The molecule has 31 heavy (non-hydrogen) atoms. The SMILES string of the molecule is COCCCN(Cc1ccc(C(O)(c2cccs2)c2cccs2)o1)Cc1ccc(C)s1. The molecular weight excluding hydrogens is 446 g/mol. The first kappa shape index (κ1) is 22.5. The zero-order chi connectivity index (χ0) is 21.7. The van der Waals surface area contributed by atoms with Gasteiger partial charge in [-0.3, -0.25) is 4.90 Å². The lowest BCUT2D eigenvalue weighted by molar-refractivity contribution is 0.102. The largest absolute Gasteiger partial charge is 0.461 e. The van der Waals surface area contributed by atoms with Crippen LogP contribution in [0.25, 0.3) is 0 Å². The molecule has 0 radical (unpaired) electrons. The van der Waals surface area contributed by atoms with Crippen LogP contribution in [0.3, 0.4) is 0 Å². The predicted octanol–water partition coefficient (Wildman–Crippen LogP) is 6.10. The van der Waals surface area contributed by atoms with Crippen LogP contribution >= 0.6 is 34.0 Å². The number of ether oxygens (including phenoxy) is 1. The van der Waals surface area contributed by atoms with Gasteiger partial charge in [-0.05, 0) is 60.5 Å². The Bertz CT molecular complexity index is 1020. The number of thiophene rings is 3. The summed E-state index contributed by atoms with van der Waals surface area (Å²) in [6, 6.07) is 16.1. The van der Waals surface area contributed by atoms with Crippen molar-refractivity contribution in [1.82, 2.24) is 4.90 Å². The van der Waals surface area contributed by atoms with Crippen molar-refractivity contribution in [3.63, 3.8) is 0 Å². The maximum atomic E-state index is 11.8. The molecule has 0 atom stereocenters. The molecule has 4 aromatic rings. The van der Waals surface area contributed by atoms with Gasteiger partial charge in [0.05, 0.1) is 6.54 Å². The fourth-order valence-electron chi connectivity index (χ4n) is 3.65. The van der Waals surface area contributed by atoms with Gasteiger partial charge in [-0.2, -0.15) is 0 Å². The highest BCUT2D eigenvalue weighted by Crippen LogP contribution is 2.41. The molecule has 0 fully saturated rings. The van der Waals surface area contributed by atoms with Crippen LogP contribution in [0.5, 0.6) is 0 Å². The van der Waals surface area contributed by atoms with Crippen molar-refractivity contribution in [3.05, 3.63) is 90.3 Å². The Labute approximate surface area is 195 Å². The quantitative estimate of drug-likeness (QED) is 0.268. The zero-order valence-corrected chi connectivity index (χ0v) is 20.2. The van der Waals surface area contributed by atoms with Gasteiger partial charge in [0, 0.05) is 46.3 Å². The van der Waals surface area contributed by atoms with Gasteiger partial charge >= 0.3 is 0 Å². The van der Waals surface area contributed by atoms with Crippen LogP contribution in [0, 0.1) is 6.92 Å². The lowest BCUT2D eigenvalue weighted by Gasteiger charge is -2.24. The summed E-state index contributed by atoms with van der Waals surface area (Å²) in [5.41, 5.74) is -1.26. The van der Waals surface area contributed by atoms with E-state index in [1.165, 1.54) is 32.4 Å².